The average Bonchev–Trinajstić information content (AvgIpc) is 3.17. The first-order valence-electron chi connectivity index (χ1n) is 22.6. The number of carbonyl (C=O) groups excluding carboxylic acids is 2. The molecular formula is C48H84NO8P. The van der Waals surface area contributed by atoms with Crippen LogP contribution in [0.5, 0.6) is 0 Å². The van der Waals surface area contributed by atoms with Crippen LogP contribution in [-0.2, 0) is 32.7 Å². The number of esters is 2. The van der Waals surface area contributed by atoms with E-state index in [0.717, 1.165) is 44.9 Å². The Balaban J connectivity index is 4.50. The summed E-state index contributed by atoms with van der Waals surface area (Å²) in [5.74, 6) is -0.961. The number of rotatable bonds is 40. The van der Waals surface area contributed by atoms with Crippen molar-refractivity contribution < 1.29 is 42.1 Å². The number of allylic oxidation sites excluding steroid dienone is 12. The molecule has 0 bridgehead atoms. The van der Waals surface area contributed by atoms with E-state index in [2.05, 4.69) is 74.6 Å². The number of hydrogen-bond acceptors (Lipinski definition) is 8. The molecule has 0 amide bonds. The number of nitrogens with zero attached hydrogens (tertiary/aromatic N) is 1. The average molecular weight is 834 g/mol. The summed E-state index contributed by atoms with van der Waals surface area (Å²) in [6.07, 6.45) is 49.5. The predicted octanol–water partition coefficient (Wildman–Crippen LogP) is 12.4. The number of hydrogen-bond donors (Lipinski definition) is 0. The Morgan fingerprint density at radius 1 is 0.534 bits per heavy atom. The normalized spacial score (nSPS) is 14.2. The van der Waals surface area contributed by atoms with E-state index >= 15 is 0 Å². The zero-order valence-corrected chi connectivity index (χ0v) is 38.4. The minimum atomic E-state index is -4.65. The predicted molar refractivity (Wildman–Crippen MR) is 240 cm³/mol. The Morgan fingerprint density at radius 2 is 0.966 bits per heavy atom. The number of phosphoric ester groups is 1. The van der Waals surface area contributed by atoms with Gasteiger partial charge < -0.3 is 27.9 Å². The monoisotopic (exact) mass is 834 g/mol. The van der Waals surface area contributed by atoms with Crippen LogP contribution in [0.15, 0.2) is 72.9 Å². The maximum absolute atomic E-state index is 12.7. The fraction of sp³-hybridized carbons (Fsp3) is 0.708. The van der Waals surface area contributed by atoms with Crippen LogP contribution in [0.4, 0.5) is 0 Å². The zero-order valence-electron chi connectivity index (χ0n) is 37.5. The lowest BCUT2D eigenvalue weighted by Gasteiger charge is -2.28. The lowest BCUT2D eigenvalue weighted by atomic mass is 10.1. The minimum Gasteiger partial charge on any atom is -0.756 e. The highest BCUT2D eigenvalue weighted by molar-refractivity contribution is 7.45. The third-order valence-electron chi connectivity index (χ3n) is 9.21. The van der Waals surface area contributed by atoms with Crippen LogP contribution in [0.3, 0.4) is 0 Å². The van der Waals surface area contributed by atoms with E-state index in [9.17, 15) is 19.0 Å². The molecule has 0 aliphatic rings. The van der Waals surface area contributed by atoms with Gasteiger partial charge in [-0.3, -0.25) is 14.2 Å². The van der Waals surface area contributed by atoms with Crippen LogP contribution in [0.25, 0.3) is 0 Å². The van der Waals surface area contributed by atoms with E-state index in [0.29, 0.717) is 23.9 Å². The lowest BCUT2D eigenvalue weighted by molar-refractivity contribution is -0.870. The van der Waals surface area contributed by atoms with Gasteiger partial charge in [-0.05, 0) is 77.0 Å². The first-order chi connectivity index (χ1) is 28.0. The first-order valence-corrected chi connectivity index (χ1v) is 24.1. The summed E-state index contributed by atoms with van der Waals surface area (Å²) < 4.78 is 33.8. The molecule has 0 aromatic heterocycles. The Labute approximate surface area is 355 Å². The van der Waals surface area contributed by atoms with Gasteiger partial charge in [0, 0.05) is 12.8 Å². The summed E-state index contributed by atoms with van der Waals surface area (Å²) in [6, 6.07) is 0. The summed E-state index contributed by atoms with van der Waals surface area (Å²) in [7, 11) is 1.11. The molecule has 9 nitrogen and oxygen atoms in total. The van der Waals surface area contributed by atoms with Gasteiger partial charge in [0.15, 0.2) is 6.10 Å². The zero-order chi connectivity index (χ0) is 42.8. The third-order valence-corrected chi connectivity index (χ3v) is 10.2. The van der Waals surface area contributed by atoms with Crippen LogP contribution < -0.4 is 4.89 Å². The highest BCUT2D eigenvalue weighted by Crippen LogP contribution is 2.38. The molecule has 0 fully saturated rings. The van der Waals surface area contributed by atoms with Gasteiger partial charge in [-0.1, -0.05) is 151 Å². The van der Waals surface area contributed by atoms with Gasteiger partial charge in [0.05, 0.1) is 27.7 Å². The summed E-state index contributed by atoms with van der Waals surface area (Å²) in [6.45, 7) is 4.08. The highest BCUT2D eigenvalue weighted by atomic mass is 31.2. The Morgan fingerprint density at radius 3 is 1.50 bits per heavy atom. The molecule has 334 valence electrons. The fourth-order valence-corrected chi connectivity index (χ4v) is 6.36. The second-order valence-electron chi connectivity index (χ2n) is 16.1. The molecular weight excluding hydrogens is 750 g/mol. The summed E-state index contributed by atoms with van der Waals surface area (Å²) >= 11 is 0. The van der Waals surface area contributed by atoms with E-state index < -0.39 is 32.5 Å². The number of unbranched alkanes of at least 4 members (excludes halogenated alkanes) is 14. The van der Waals surface area contributed by atoms with E-state index in [1.807, 2.05) is 33.3 Å². The highest BCUT2D eigenvalue weighted by Gasteiger charge is 2.21. The van der Waals surface area contributed by atoms with E-state index in [-0.39, 0.29) is 26.1 Å². The SMILES string of the molecule is CCCCC/C=C/C/C=C/C/C=C/C/C=C/C/C=C/CCC(=O)OC[C@H](COP(=O)([O-])OCC[N+](C)(C)C)OC(=O)CCCC/C=C/CCCCCCCCCCC. The molecule has 0 aromatic rings. The number of likely N-dealkylation sites (N-methyl/N-ethyl adjacent to an activating group) is 1. The molecule has 0 rings (SSSR count). The largest absolute Gasteiger partial charge is 0.756 e. The van der Waals surface area contributed by atoms with Crippen molar-refractivity contribution in [2.75, 3.05) is 47.5 Å². The Bertz CT molecular complexity index is 1220. The van der Waals surface area contributed by atoms with Crippen LogP contribution >= 0.6 is 7.82 Å². The van der Waals surface area contributed by atoms with Gasteiger partial charge in [-0.2, -0.15) is 0 Å². The molecule has 0 saturated heterocycles. The molecule has 0 N–H and O–H groups in total. The topological polar surface area (TPSA) is 111 Å². The van der Waals surface area contributed by atoms with Crippen LogP contribution in [0.1, 0.15) is 168 Å². The number of carbonyl (C=O) groups is 2. The van der Waals surface area contributed by atoms with E-state index in [1.165, 1.54) is 83.5 Å². The van der Waals surface area contributed by atoms with Crippen molar-refractivity contribution >= 4 is 19.8 Å². The van der Waals surface area contributed by atoms with Gasteiger partial charge >= 0.3 is 11.9 Å². The van der Waals surface area contributed by atoms with Crippen molar-refractivity contribution in [2.24, 2.45) is 0 Å². The molecule has 58 heavy (non-hydrogen) atoms. The minimum absolute atomic E-state index is 0.0483. The second-order valence-corrected chi connectivity index (χ2v) is 17.5. The molecule has 10 heteroatoms. The standard InChI is InChI=1S/C48H84NO8P/c1-6-8-10-12-14-16-18-20-22-23-24-25-27-28-30-32-34-36-38-40-47(50)54-44-46(45-56-58(52,53)55-43-42-49(3,4)5)57-48(51)41-39-37-35-33-31-29-26-21-19-17-15-13-11-9-7-2/h14,16,20,22,24-25,28,30-31,33-34,36,46H,6-13,15,17-19,21,23,26-27,29,32,35,37-45H2,1-5H3/b16-14+,22-20+,25-24+,30-28+,33-31+,36-34+/t46-/m1/s1. The second kappa shape index (κ2) is 39.9. The maximum Gasteiger partial charge on any atom is 0.306 e. The van der Waals surface area contributed by atoms with Crippen LogP contribution in [0, 0.1) is 0 Å². The molecule has 0 aliphatic carbocycles. The van der Waals surface area contributed by atoms with Crippen molar-refractivity contribution in [3.8, 4) is 0 Å². The summed E-state index contributed by atoms with van der Waals surface area (Å²) in [5.41, 5.74) is 0. The van der Waals surface area contributed by atoms with Gasteiger partial charge in [-0.15, -0.1) is 0 Å². The molecule has 0 aromatic carbocycles. The lowest BCUT2D eigenvalue weighted by Crippen LogP contribution is -2.37. The summed E-state index contributed by atoms with van der Waals surface area (Å²) in [5, 5.41) is 0. The molecule has 0 radical (unpaired) electrons. The quantitative estimate of drug-likeness (QED) is 0.0197. The van der Waals surface area contributed by atoms with Gasteiger partial charge in [0.1, 0.15) is 19.8 Å². The van der Waals surface area contributed by atoms with Gasteiger partial charge in [0.25, 0.3) is 7.82 Å². The third kappa shape index (κ3) is 43.0. The fourth-order valence-electron chi connectivity index (χ4n) is 5.63. The van der Waals surface area contributed by atoms with Gasteiger partial charge in [-0.25, -0.2) is 0 Å². The van der Waals surface area contributed by atoms with Crippen molar-refractivity contribution in [3.63, 3.8) is 0 Å². The summed E-state index contributed by atoms with van der Waals surface area (Å²) in [4.78, 5) is 37.5. The van der Waals surface area contributed by atoms with Crippen LogP contribution in [-0.4, -0.2) is 70.0 Å². The molecule has 0 heterocycles. The molecule has 1 unspecified atom stereocenters. The Kier molecular flexibility index (Phi) is 38.1. The maximum atomic E-state index is 12.7. The van der Waals surface area contributed by atoms with Crippen molar-refractivity contribution in [1.29, 1.82) is 0 Å². The van der Waals surface area contributed by atoms with E-state index in [1.54, 1.807) is 0 Å². The molecule has 0 spiro atoms. The number of phosphoric acid groups is 1. The smallest absolute Gasteiger partial charge is 0.306 e. The first kappa shape index (κ1) is 55.5. The Hall–Kier alpha value is -2.55. The number of ether oxygens (including phenoxy) is 2. The van der Waals surface area contributed by atoms with Crippen molar-refractivity contribution in [2.45, 2.75) is 174 Å². The van der Waals surface area contributed by atoms with Gasteiger partial charge in [0.2, 0.25) is 0 Å². The van der Waals surface area contributed by atoms with E-state index in [4.69, 9.17) is 18.5 Å². The van der Waals surface area contributed by atoms with Crippen LogP contribution in [0.2, 0.25) is 0 Å². The van der Waals surface area contributed by atoms with Crippen molar-refractivity contribution in [3.05, 3.63) is 72.9 Å². The number of quaternary nitrogens is 1. The molecule has 0 aliphatic heterocycles. The van der Waals surface area contributed by atoms with Crippen molar-refractivity contribution in [1.82, 2.24) is 0 Å². The molecule has 2 atom stereocenters. The molecule has 0 saturated carbocycles.